The predicted octanol–water partition coefficient (Wildman–Crippen LogP) is 1.91. The zero-order valence-corrected chi connectivity index (χ0v) is 14.8. The Kier molecular flexibility index (Phi) is 5.46. The van der Waals surface area contributed by atoms with Gasteiger partial charge in [-0.05, 0) is 38.0 Å². The summed E-state index contributed by atoms with van der Waals surface area (Å²) in [5.74, 6) is 0.701. The van der Waals surface area contributed by atoms with Gasteiger partial charge in [0.25, 0.3) is 5.91 Å². The van der Waals surface area contributed by atoms with Crippen LogP contribution in [0.15, 0.2) is 36.5 Å². The number of aromatic nitrogens is 2. The fourth-order valence-electron chi connectivity index (χ4n) is 3.12. The fourth-order valence-corrected chi connectivity index (χ4v) is 3.12. The normalized spacial score (nSPS) is 17.0. The Bertz CT molecular complexity index is 791. The summed E-state index contributed by atoms with van der Waals surface area (Å²) in [4.78, 5) is 34.5. The summed E-state index contributed by atoms with van der Waals surface area (Å²) in [6.07, 6.45) is 3.25. The Morgan fingerprint density at radius 2 is 2.04 bits per heavy atom. The number of nitrogens with one attached hydrogen (secondary N) is 1. The summed E-state index contributed by atoms with van der Waals surface area (Å²) in [6, 6.07) is 9.04. The van der Waals surface area contributed by atoms with E-state index in [4.69, 9.17) is 5.73 Å². The minimum atomic E-state index is -0.337. The number of hydrogen-bond acceptors (Lipinski definition) is 5. The second kappa shape index (κ2) is 7.95. The molecule has 2 amide bonds. The standard InChI is InChI=1S/C19H23N5O2/c1-2-21-16-9-10-22-18(23-16)13-5-7-14(8-6-13)19(26)24-11-3-4-15(12-24)17(20)25/h5-10,15H,2-4,11-12H2,1H3,(H2,20,25)(H,21,22,23). The summed E-state index contributed by atoms with van der Waals surface area (Å²) in [5, 5.41) is 3.15. The van der Waals surface area contributed by atoms with Crippen molar-refractivity contribution < 1.29 is 9.59 Å². The first kappa shape index (κ1) is 17.8. The van der Waals surface area contributed by atoms with Crippen molar-refractivity contribution in [3.63, 3.8) is 0 Å². The van der Waals surface area contributed by atoms with E-state index >= 15 is 0 Å². The van der Waals surface area contributed by atoms with Crippen molar-refractivity contribution in [3.8, 4) is 11.4 Å². The van der Waals surface area contributed by atoms with E-state index in [0.29, 0.717) is 24.5 Å². The van der Waals surface area contributed by atoms with Crippen LogP contribution in [0.3, 0.4) is 0 Å². The third kappa shape index (κ3) is 3.99. The molecule has 0 bridgehead atoms. The van der Waals surface area contributed by atoms with E-state index in [1.807, 2.05) is 25.1 Å². The summed E-state index contributed by atoms with van der Waals surface area (Å²) in [6.45, 7) is 3.83. The van der Waals surface area contributed by atoms with Gasteiger partial charge in [0.05, 0.1) is 5.92 Å². The van der Waals surface area contributed by atoms with E-state index in [-0.39, 0.29) is 17.7 Å². The number of carbonyl (C=O) groups is 2. The maximum absolute atomic E-state index is 12.7. The van der Waals surface area contributed by atoms with Crippen LogP contribution in [0, 0.1) is 5.92 Å². The molecule has 0 aliphatic carbocycles. The topological polar surface area (TPSA) is 101 Å². The molecule has 136 valence electrons. The van der Waals surface area contributed by atoms with Crippen molar-refractivity contribution in [2.75, 3.05) is 25.0 Å². The van der Waals surface area contributed by atoms with E-state index in [0.717, 1.165) is 30.8 Å². The first-order valence-electron chi connectivity index (χ1n) is 8.84. The van der Waals surface area contributed by atoms with Crippen molar-refractivity contribution in [2.24, 2.45) is 11.7 Å². The molecule has 2 heterocycles. The molecule has 0 spiro atoms. The van der Waals surface area contributed by atoms with Crippen LogP contribution in [0.2, 0.25) is 0 Å². The van der Waals surface area contributed by atoms with Crippen molar-refractivity contribution in [1.29, 1.82) is 0 Å². The van der Waals surface area contributed by atoms with Crippen molar-refractivity contribution in [1.82, 2.24) is 14.9 Å². The lowest BCUT2D eigenvalue weighted by Gasteiger charge is -2.31. The monoisotopic (exact) mass is 353 g/mol. The van der Waals surface area contributed by atoms with Crippen LogP contribution in [0.5, 0.6) is 0 Å². The van der Waals surface area contributed by atoms with Gasteiger partial charge in [0.1, 0.15) is 5.82 Å². The van der Waals surface area contributed by atoms with Gasteiger partial charge >= 0.3 is 0 Å². The number of rotatable bonds is 5. The Hall–Kier alpha value is -2.96. The Morgan fingerprint density at radius 3 is 2.73 bits per heavy atom. The number of nitrogens with zero attached hydrogens (tertiary/aromatic N) is 3. The number of hydrogen-bond donors (Lipinski definition) is 2. The van der Waals surface area contributed by atoms with E-state index in [2.05, 4.69) is 15.3 Å². The van der Waals surface area contributed by atoms with Crippen molar-refractivity contribution >= 4 is 17.6 Å². The number of benzene rings is 1. The third-order valence-corrected chi connectivity index (χ3v) is 4.51. The van der Waals surface area contributed by atoms with Gasteiger partial charge in [-0.3, -0.25) is 9.59 Å². The molecule has 1 atom stereocenters. The SMILES string of the molecule is CCNc1ccnc(-c2ccc(C(=O)N3CCCC(C(N)=O)C3)cc2)n1. The molecule has 1 aliphatic rings. The van der Waals surface area contributed by atoms with Crippen molar-refractivity contribution in [2.45, 2.75) is 19.8 Å². The molecule has 3 rings (SSSR count). The molecule has 1 fully saturated rings. The molecule has 1 aromatic carbocycles. The average Bonchev–Trinajstić information content (AvgIpc) is 2.68. The first-order valence-corrected chi connectivity index (χ1v) is 8.84. The quantitative estimate of drug-likeness (QED) is 0.855. The lowest BCUT2D eigenvalue weighted by atomic mass is 9.97. The molecule has 0 radical (unpaired) electrons. The number of amides is 2. The van der Waals surface area contributed by atoms with Crippen molar-refractivity contribution in [3.05, 3.63) is 42.1 Å². The summed E-state index contributed by atoms with van der Waals surface area (Å²) >= 11 is 0. The van der Waals surface area contributed by atoms with Gasteiger partial charge in [0, 0.05) is 37.0 Å². The largest absolute Gasteiger partial charge is 0.370 e. The van der Waals surface area contributed by atoms with Crippen LogP contribution in [0.1, 0.15) is 30.1 Å². The minimum Gasteiger partial charge on any atom is -0.370 e. The number of nitrogens with two attached hydrogens (primary N) is 1. The molecule has 1 aromatic heterocycles. The highest BCUT2D eigenvalue weighted by molar-refractivity contribution is 5.95. The fraction of sp³-hybridized carbons (Fsp3) is 0.368. The van der Waals surface area contributed by atoms with Gasteiger partial charge < -0.3 is 16.0 Å². The molecule has 1 saturated heterocycles. The van der Waals surface area contributed by atoms with E-state index in [1.165, 1.54) is 0 Å². The van der Waals surface area contributed by atoms with Crippen LogP contribution < -0.4 is 11.1 Å². The number of primary amides is 1. The van der Waals surface area contributed by atoms with E-state index in [1.54, 1.807) is 23.2 Å². The molecule has 1 unspecified atom stereocenters. The summed E-state index contributed by atoms with van der Waals surface area (Å²) in [5.41, 5.74) is 6.82. The smallest absolute Gasteiger partial charge is 0.253 e. The highest BCUT2D eigenvalue weighted by Crippen LogP contribution is 2.21. The van der Waals surface area contributed by atoms with Crippen LogP contribution in [-0.4, -0.2) is 46.3 Å². The van der Waals surface area contributed by atoms with E-state index < -0.39 is 0 Å². The van der Waals surface area contributed by atoms with Crippen LogP contribution in [-0.2, 0) is 4.79 Å². The lowest BCUT2D eigenvalue weighted by molar-refractivity contribution is -0.123. The molecule has 7 heteroatoms. The predicted molar refractivity (Wildman–Crippen MR) is 99.5 cm³/mol. The number of likely N-dealkylation sites (tertiary alicyclic amines) is 1. The second-order valence-corrected chi connectivity index (χ2v) is 6.37. The van der Waals surface area contributed by atoms with Gasteiger partial charge in [0.2, 0.25) is 5.91 Å². The van der Waals surface area contributed by atoms with Gasteiger partial charge in [-0.25, -0.2) is 9.97 Å². The molecular formula is C19H23N5O2. The third-order valence-electron chi connectivity index (χ3n) is 4.51. The zero-order chi connectivity index (χ0) is 18.5. The Morgan fingerprint density at radius 1 is 1.27 bits per heavy atom. The summed E-state index contributed by atoms with van der Waals surface area (Å²) < 4.78 is 0. The molecule has 2 aromatic rings. The second-order valence-electron chi connectivity index (χ2n) is 6.37. The molecule has 3 N–H and O–H groups in total. The van der Waals surface area contributed by atoms with Crippen LogP contribution >= 0.6 is 0 Å². The highest BCUT2D eigenvalue weighted by atomic mass is 16.2. The van der Waals surface area contributed by atoms with Gasteiger partial charge in [-0.2, -0.15) is 0 Å². The molecule has 1 aliphatic heterocycles. The maximum atomic E-state index is 12.7. The highest BCUT2D eigenvalue weighted by Gasteiger charge is 2.27. The maximum Gasteiger partial charge on any atom is 0.253 e. The summed E-state index contributed by atoms with van der Waals surface area (Å²) in [7, 11) is 0. The zero-order valence-electron chi connectivity index (χ0n) is 14.8. The van der Waals surface area contributed by atoms with Gasteiger partial charge in [-0.1, -0.05) is 12.1 Å². The minimum absolute atomic E-state index is 0.0789. The number of piperidine rings is 1. The number of carbonyl (C=O) groups excluding carboxylic acids is 2. The van der Waals surface area contributed by atoms with Crippen LogP contribution in [0.25, 0.3) is 11.4 Å². The molecule has 0 saturated carbocycles. The Balaban J connectivity index is 1.74. The molecular weight excluding hydrogens is 330 g/mol. The van der Waals surface area contributed by atoms with Gasteiger partial charge in [-0.15, -0.1) is 0 Å². The Labute approximate surface area is 152 Å². The van der Waals surface area contributed by atoms with Crippen LogP contribution in [0.4, 0.5) is 5.82 Å². The average molecular weight is 353 g/mol. The van der Waals surface area contributed by atoms with Gasteiger partial charge in [0.15, 0.2) is 5.82 Å². The molecule has 26 heavy (non-hydrogen) atoms. The van der Waals surface area contributed by atoms with E-state index in [9.17, 15) is 9.59 Å². The molecule has 7 nitrogen and oxygen atoms in total. The first-order chi connectivity index (χ1) is 12.6. The number of anilines is 1. The lowest BCUT2D eigenvalue weighted by Crippen LogP contribution is -2.44.